The number of ether oxygens (including phenoxy) is 1. The maximum atomic E-state index is 6.07. The normalized spacial score (nSPS) is 10.6. The van der Waals surface area contributed by atoms with Crippen molar-refractivity contribution in [3.05, 3.63) is 57.8 Å². The quantitative estimate of drug-likeness (QED) is 0.763. The molecule has 1 aromatic heterocycles. The molecule has 0 radical (unpaired) electrons. The predicted octanol–water partition coefficient (Wildman–Crippen LogP) is 4.47. The zero-order chi connectivity index (χ0) is 15.1. The highest BCUT2D eigenvalue weighted by atomic mass is 35.5. The van der Waals surface area contributed by atoms with Crippen LogP contribution < -0.4 is 10.1 Å². The third-order valence-electron chi connectivity index (χ3n) is 2.87. The third kappa shape index (κ3) is 5.20. The second-order valence-corrected chi connectivity index (χ2v) is 5.50. The minimum absolute atomic E-state index is 0.378. The minimum atomic E-state index is 0.378. The van der Waals surface area contributed by atoms with Gasteiger partial charge in [0.25, 0.3) is 0 Å². The molecule has 1 heterocycles. The lowest BCUT2D eigenvalue weighted by molar-refractivity contribution is 0.301. The van der Waals surface area contributed by atoms with Crippen molar-refractivity contribution in [3.63, 3.8) is 0 Å². The van der Waals surface area contributed by atoms with E-state index in [0.717, 1.165) is 30.9 Å². The first-order valence-corrected chi connectivity index (χ1v) is 7.68. The second kappa shape index (κ2) is 8.23. The van der Waals surface area contributed by atoms with E-state index in [4.69, 9.17) is 27.9 Å². The lowest BCUT2D eigenvalue weighted by Crippen LogP contribution is -2.15. The second-order valence-electron chi connectivity index (χ2n) is 4.66. The van der Waals surface area contributed by atoms with Crippen LogP contribution in [0.15, 0.2) is 36.4 Å². The van der Waals surface area contributed by atoms with Crippen molar-refractivity contribution in [2.24, 2.45) is 0 Å². The molecule has 2 rings (SSSR count). The molecule has 0 saturated heterocycles. The van der Waals surface area contributed by atoms with Gasteiger partial charge in [0.15, 0.2) is 0 Å². The Bertz CT molecular complexity index is 590. The maximum absolute atomic E-state index is 6.07. The molecule has 0 spiro atoms. The molecule has 0 fully saturated rings. The Hall–Kier alpha value is -1.29. The van der Waals surface area contributed by atoms with Gasteiger partial charge in [-0.25, -0.2) is 0 Å². The number of hydrogen-bond donors (Lipinski definition) is 1. The molecule has 0 unspecified atom stereocenters. The van der Waals surface area contributed by atoms with Gasteiger partial charge in [0.1, 0.15) is 12.4 Å². The highest BCUT2D eigenvalue weighted by Gasteiger charge is 2.04. The molecule has 21 heavy (non-hydrogen) atoms. The molecule has 0 aliphatic heterocycles. The van der Waals surface area contributed by atoms with Gasteiger partial charge in [0, 0.05) is 11.6 Å². The number of nitrogens with zero attached hydrogens (tertiary/aromatic N) is 1. The average molecular weight is 325 g/mol. The standard InChI is InChI=1S/C16H18Cl2N2O/c1-2-8-19-10-13-4-3-5-14(20-13)11-21-16-7-6-12(17)9-15(16)18/h3-7,9,19H,2,8,10-11H2,1H3. The fourth-order valence-electron chi connectivity index (χ4n) is 1.85. The Labute approximate surface area is 135 Å². The Morgan fingerprint density at radius 2 is 1.95 bits per heavy atom. The number of rotatable bonds is 7. The van der Waals surface area contributed by atoms with Gasteiger partial charge in [0.05, 0.1) is 16.4 Å². The molecule has 0 aliphatic carbocycles. The summed E-state index contributed by atoms with van der Waals surface area (Å²) in [6.45, 7) is 4.27. The van der Waals surface area contributed by atoms with Gasteiger partial charge in [-0.2, -0.15) is 0 Å². The van der Waals surface area contributed by atoms with Crippen LogP contribution in [-0.2, 0) is 13.2 Å². The summed E-state index contributed by atoms with van der Waals surface area (Å²) in [6.07, 6.45) is 1.11. The van der Waals surface area contributed by atoms with Crippen LogP contribution in [0.2, 0.25) is 10.0 Å². The molecule has 0 aliphatic rings. The zero-order valence-corrected chi connectivity index (χ0v) is 13.4. The first-order valence-electron chi connectivity index (χ1n) is 6.92. The van der Waals surface area contributed by atoms with E-state index in [2.05, 4.69) is 17.2 Å². The van der Waals surface area contributed by atoms with Crippen molar-refractivity contribution in [1.29, 1.82) is 0 Å². The van der Waals surface area contributed by atoms with E-state index in [9.17, 15) is 0 Å². The highest BCUT2D eigenvalue weighted by molar-refractivity contribution is 6.35. The first-order chi connectivity index (χ1) is 10.2. The van der Waals surface area contributed by atoms with Crippen molar-refractivity contribution >= 4 is 23.2 Å². The van der Waals surface area contributed by atoms with Crippen LogP contribution in [-0.4, -0.2) is 11.5 Å². The number of pyridine rings is 1. The Morgan fingerprint density at radius 1 is 1.14 bits per heavy atom. The summed E-state index contributed by atoms with van der Waals surface area (Å²) in [6, 6.07) is 11.1. The van der Waals surface area contributed by atoms with Crippen LogP contribution >= 0.6 is 23.2 Å². The Morgan fingerprint density at radius 3 is 2.71 bits per heavy atom. The fraction of sp³-hybridized carbons (Fsp3) is 0.312. The monoisotopic (exact) mass is 324 g/mol. The van der Waals surface area contributed by atoms with Gasteiger partial charge >= 0.3 is 0 Å². The first kappa shape index (κ1) is 16.1. The molecule has 1 N–H and O–H groups in total. The number of nitrogens with one attached hydrogen (secondary N) is 1. The molecule has 0 bridgehead atoms. The van der Waals surface area contributed by atoms with E-state index in [1.54, 1.807) is 18.2 Å². The van der Waals surface area contributed by atoms with Gasteiger partial charge in [-0.3, -0.25) is 4.98 Å². The van der Waals surface area contributed by atoms with Crippen LogP contribution in [0.25, 0.3) is 0 Å². The maximum Gasteiger partial charge on any atom is 0.138 e. The molecule has 3 nitrogen and oxygen atoms in total. The predicted molar refractivity (Wildman–Crippen MR) is 87.0 cm³/mol. The largest absolute Gasteiger partial charge is 0.486 e. The average Bonchev–Trinajstić information content (AvgIpc) is 2.47. The minimum Gasteiger partial charge on any atom is -0.486 e. The molecule has 0 saturated carbocycles. The number of halogens is 2. The van der Waals surface area contributed by atoms with Crippen molar-refractivity contribution < 1.29 is 4.74 Å². The van der Waals surface area contributed by atoms with Gasteiger partial charge in [-0.15, -0.1) is 0 Å². The molecular formula is C16H18Cl2N2O. The molecule has 1 aromatic carbocycles. The van der Waals surface area contributed by atoms with E-state index in [0.29, 0.717) is 22.4 Å². The number of benzene rings is 1. The summed E-state index contributed by atoms with van der Waals surface area (Å²) in [7, 11) is 0. The SMILES string of the molecule is CCCNCc1cccc(COc2ccc(Cl)cc2Cl)n1. The Balaban J connectivity index is 1.95. The fourth-order valence-corrected chi connectivity index (χ4v) is 2.31. The van der Waals surface area contributed by atoms with Gasteiger partial charge in [0.2, 0.25) is 0 Å². The topological polar surface area (TPSA) is 34.1 Å². The van der Waals surface area contributed by atoms with Crippen molar-refractivity contribution in [1.82, 2.24) is 10.3 Å². The summed E-state index contributed by atoms with van der Waals surface area (Å²) < 4.78 is 5.68. The zero-order valence-electron chi connectivity index (χ0n) is 11.9. The highest BCUT2D eigenvalue weighted by Crippen LogP contribution is 2.27. The van der Waals surface area contributed by atoms with Crippen LogP contribution in [0, 0.1) is 0 Å². The molecule has 0 amide bonds. The van der Waals surface area contributed by atoms with E-state index in [1.165, 1.54) is 0 Å². The lowest BCUT2D eigenvalue weighted by atomic mass is 10.3. The number of hydrogen-bond acceptors (Lipinski definition) is 3. The number of aromatic nitrogens is 1. The van der Waals surface area contributed by atoms with E-state index >= 15 is 0 Å². The molecule has 2 aromatic rings. The van der Waals surface area contributed by atoms with E-state index in [-0.39, 0.29) is 0 Å². The van der Waals surface area contributed by atoms with E-state index < -0.39 is 0 Å². The molecule has 0 atom stereocenters. The third-order valence-corrected chi connectivity index (χ3v) is 3.40. The summed E-state index contributed by atoms with van der Waals surface area (Å²) >= 11 is 11.9. The summed E-state index contributed by atoms with van der Waals surface area (Å²) in [5.41, 5.74) is 1.88. The molecule has 112 valence electrons. The van der Waals surface area contributed by atoms with Gasteiger partial charge < -0.3 is 10.1 Å². The summed E-state index contributed by atoms with van der Waals surface area (Å²) in [4.78, 5) is 4.55. The molecule has 5 heteroatoms. The van der Waals surface area contributed by atoms with Gasteiger partial charge in [-0.1, -0.05) is 36.2 Å². The van der Waals surface area contributed by atoms with Crippen molar-refractivity contribution in [3.8, 4) is 5.75 Å². The summed E-state index contributed by atoms with van der Waals surface area (Å²) in [5, 5.41) is 4.42. The summed E-state index contributed by atoms with van der Waals surface area (Å²) in [5.74, 6) is 0.609. The van der Waals surface area contributed by atoms with Crippen LogP contribution in [0.3, 0.4) is 0 Å². The lowest BCUT2D eigenvalue weighted by Gasteiger charge is -2.09. The van der Waals surface area contributed by atoms with Crippen LogP contribution in [0.1, 0.15) is 24.7 Å². The Kier molecular flexibility index (Phi) is 6.30. The molecular weight excluding hydrogens is 307 g/mol. The van der Waals surface area contributed by atoms with Crippen molar-refractivity contribution in [2.75, 3.05) is 6.54 Å². The smallest absolute Gasteiger partial charge is 0.138 e. The van der Waals surface area contributed by atoms with Crippen LogP contribution in [0.4, 0.5) is 0 Å². The van der Waals surface area contributed by atoms with E-state index in [1.807, 2.05) is 18.2 Å². The van der Waals surface area contributed by atoms with Crippen LogP contribution in [0.5, 0.6) is 5.75 Å². The van der Waals surface area contributed by atoms with Gasteiger partial charge in [-0.05, 0) is 43.3 Å². The van der Waals surface area contributed by atoms with Crippen molar-refractivity contribution in [2.45, 2.75) is 26.5 Å².